The van der Waals surface area contributed by atoms with Crippen LogP contribution < -0.4 is 14.8 Å². The van der Waals surface area contributed by atoms with Crippen LogP contribution >= 0.6 is 11.3 Å². The molecular weight excluding hydrogens is 260 g/mol. The Morgan fingerprint density at radius 2 is 2.05 bits per heavy atom. The van der Waals surface area contributed by atoms with Gasteiger partial charge in [0.05, 0.1) is 24.4 Å². The third-order valence-electron chi connectivity index (χ3n) is 2.93. The fourth-order valence-corrected chi connectivity index (χ4v) is 2.54. The van der Waals surface area contributed by atoms with Crippen molar-refractivity contribution in [1.29, 1.82) is 0 Å². The molecule has 1 aliphatic heterocycles. The number of rotatable bonds is 4. The minimum Gasteiger partial charge on any atom is -0.490 e. The van der Waals surface area contributed by atoms with Gasteiger partial charge in [0.25, 0.3) is 0 Å². The average molecular weight is 276 g/mol. The summed E-state index contributed by atoms with van der Waals surface area (Å²) in [7, 11) is 0. The highest BCUT2D eigenvalue weighted by atomic mass is 32.1. The lowest BCUT2D eigenvalue weighted by atomic mass is 10.2. The molecule has 0 fully saturated rings. The molecule has 0 radical (unpaired) electrons. The van der Waals surface area contributed by atoms with E-state index in [2.05, 4.69) is 27.8 Å². The molecule has 1 N–H and O–H groups in total. The minimum absolute atomic E-state index is 0.725. The maximum absolute atomic E-state index is 5.68. The van der Waals surface area contributed by atoms with Gasteiger partial charge in [-0.2, -0.15) is 0 Å². The molecule has 0 aliphatic carbocycles. The topological polar surface area (TPSA) is 43.4 Å². The Bertz CT molecular complexity index is 528. The monoisotopic (exact) mass is 276 g/mol. The number of aromatic nitrogens is 1. The number of hydrogen-bond acceptors (Lipinski definition) is 5. The van der Waals surface area contributed by atoms with Crippen LogP contribution in [0.5, 0.6) is 11.5 Å². The zero-order valence-corrected chi connectivity index (χ0v) is 11.4. The molecule has 0 amide bonds. The summed E-state index contributed by atoms with van der Waals surface area (Å²) in [5.74, 6) is 1.70. The predicted octanol–water partition coefficient (Wildman–Crippen LogP) is 2.59. The summed E-state index contributed by atoms with van der Waals surface area (Å²) in [6.45, 7) is 3.04. The zero-order chi connectivity index (χ0) is 12.9. The van der Waals surface area contributed by atoms with Crippen molar-refractivity contribution >= 4 is 11.3 Å². The average Bonchev–Trinajstić information content (AvgIpc) is 2.83. The lowest BCUT2D eigenvalue weighted by Crippen LogP contribution is -2.12. The van der Waals surface area contributed by atoms with Gasteiger partial charge in [0.2, 0.25) is 0 Å². The normalized spacial score (nSPS) is 14.1. The maximum Gasteiger partial charge on any atom is 0.161 e. The summed E-state index contributed by atoms with van der Waals surface area (Å²) in [5.41, 5.74) is 4.13. The number of benzene rings is 1. The second-order valence-electron chi connectivity index (χ2n) is 4.41. The van der Waals surface area contributed by atoms with E-state index in [1.807, 2.05) is 11.6 Å². The molecule has 0 saturated heterocycles. The molecule has 100 valence electrons. The molecule has 2 heterocycles. The number of thiazole rings is 1. The van der Waals surface area contributed by atoms with Gasteiger partial charge < -0.3 is 14.8 Å². The van der Waals surface area contributed by atoms with Gasteiger partial charge in [-0.05, 0) is 17.7 Å². The smallest absolute Gasteiger partial charge is 0.161 e. The van der Waals surface area contributed by atoms with E-state index in [1.54, 1.807) is 11.3 Å². The van der Waals surface area contributed by atoms with Gasteiger partial charge >= 0.3 is 0 Å². The first-order valence-electron chi connectivity index (χ1n) is 6.38. The number of nitrogens with zero attached hydrogens (tertiary/aromatic N) is 1. The molecule has 0 unspecified atom stereocenters. The molecule has 4 nitrogen and oxygen atoms in total. The van der Waals surface area contributed by atoms with E-state index in [9.17, 15) is 0 Å². The van der Waals surface area contributed by atoms with Crippen LogP contribution in [-0.2, 0) is 13.1 Å². The van der Waals surface area contributed by atoms with Crippen LogP contribution in [0.4, 0.5) is 0 Å². The first-order chi connectivity index (χ1) is 9.42. The lowest BCUT2D eigenvalue weighted by Gasteiger charge is -2.09. The second-order valence-corrected chi connectivity index (χ2v) is 5.13. The first kappa shape index (κ1) is 12.4. The summed E-state index contributed by atoms with van der Waals surface area (Å²) in [5, 5.41) is 5.43. The molecule has 3 rings (SSSR count). The molecule has 2 aromatic rings. The van der Waals surface area contributed by atoms with Crippen LogP contribution in [0, 0.1) is 0 Å². The molecule has 1 aromatic carbocycles. The Morgan fingerprint density at radius 1 is 1.16 bits per heavy atom. The molecule has 0 atom stereocenters. The summed E-state index contributed by atoms with van der Waals surface area (Å²) in [6.07, 6.45) is 0.937. The van der Waals surface area contributed by atoms with Gasteiger partial charge in [-0.3, -0.25) is 0 Å². The van der Waals surface area contributed by atoms with Crippen molar-refractivity contribution < 1.29 is 9.47 Å². The van der Waals surface area contributed by atoms with E-state index in [4.69, 9.17) is 9.47 Å². The maximum atomic E-state index is 5.68. The fraction of sp³-hybridized carbons (Fsp3) is 0.357. The Labute approximate surface area is 116 Å². The van der Waals surface area contributed by atoms with Crippen molar-refractivity contribution in [3.05, 3.63) is 40.3 Å². The van der Waals surface area contributed by atoms with Crippen molar-refractivity contribution in [2.45, 2.75) is 19.5 Å². The van der Waals surface area contributed by atoms with E-state index >= 15 is 0 Å². The van der Waals surface area contributed by atoms with Gasteiger partial charge in [0.15, 0.2) is 11.5 Å². The Hall–Kier alpha value is -1.59. The van der Waals surface area contributed by atoms with Crippen LogP contribution in [0.15, 0.2) is 29.1 Å². The van der Waals surface area contributed by atoms with E-state index in [0.29, 0.717) is 0 Å². The Balaban J connectivity index is 1.60. The largest absolute Gasteiger partial charge is 0.490 e. The molecule has 1 aromatic heterocycles. The van der Waals surface area contributed by atoms with Crippen LogP contribution in [0.25, 0.3) is 0 Å². The van der Waals surface area contributed by atoms with E-state index in [1.165, 1.54) is 5.56 Å². The van der Waals surface area contributed by atoms with Crippen LogP contribution in [0.1, 0.15) is 17.7 Å². The van der Waals surface area contributed by atoms with Gasteiger partial charge in [-0.1, -0.05) is 6.07 Å². The Morgan fingerprint density at radius 3 is 2.89 bits per heavy atom. The quantitative estimate of drug-likeness (QED) is 0.932. The lowest BCUT2D eigenvalue weighted by molar-refractivity contribution is 0.297. The van der Waals surface area contributed by atoms with E-state index in [-0.39, 0.29) is 0 Å². The van der Waals surface area contributed by atoms with Crippen molar-refractivity contribution in [3.63, 3.8) is 0 Å². The summed E-state index contributed by atoms with van der Waals surface area (Å²) in [4.78, 5) is 4.24. The standard InChI is InChI=1S/C14H16N2O2S/c1-4-17-13-3-2-11(6-14(13)18-5-1)7-15-8-12-9-19-10-16-12/h2-3,6,9-10,15H,1,4-5,7-8H2. The molecule has 0 bridgehead atoms. The van der Waals surface area contributed by atoms with Gasteiger partial charge in [0.1, 0.15) is 0 Å². The molecular formula is C14H16N2O2S. The van der Waals surface area contributed by atoms with Crippen LogP contribution in [-0.4, -0.2) is 18.2 Å². The van der Waals surface area contributed by atoms with Crippen molar-refractivity contribution in [2.75, 3.05) is 13.2 Å². The number of fused-ring (bicyclic) bond motifs is 1. The molecule has 19 heavy (non-hydrogen) atoms. The van der Waals surface area contributed by atoms with Gasteiger partial charge in [0, 0.05) is 24.9 Å². The molecule has 1 aliphatic rings. The van der Waals surface area contributed by atoms with Crippen LogP contribution in [0.2, 0.25) is 0 Å². The van der Waals surface area contributed by atoms with Gasteiger partial charge in [-0.15, -0.1) is 11.3 Å². The zero-order valence-electron chi connectivity index (χ0n) is 10.6. The molecule has 5 heteroatoms. The summed E-state index contributed by atoms with van der Waals surface area (Å²) >= 11 is 1.62. The molecule has 0 spiro atoms. The number of nitrogens with one attached hydrogen (secondary N) is 1. The van der Waals surface area contributed by atoms with Crippen molar-refractivity contribution in [1.82, 2.24) is 10.3 Å². The summed E-state index contributed by atoms with van der Waals surface area (Å²) in [6, 6.07) is 6.11. The van der Waals surface area contributed by atoms with Crippen LogP contribution in [0.3, 0.4) is 0 Å². The fourth-order valence-electron chi connectivity index (χ4n) is 1.98. The Kier molecular flexibility index (Phi) is 3.95. The highest BCUT2D eigenvalue weighted by Gasteiger charge is 2.10. The first-order valence-corrected chi connectivity index (χ1v) is 7.32. The third kappa shape index (κ3) is 3.24. The third-order valence-corrected chi connectivity index (χ3v) is 3.57. The highest BCUT2D eigenvalue weighted by Crippen LogP contribution is 2.30. The predicted molar refractivity (Wildman–Crippen MR) is 74.7 cm³/mol. The number of hydrogen-bond donors (Lipinski definition) is 1. The molecule has 0 saturated carbocycles. The summed E-state index contributed by atoms with van der Waals surface area (Å²) < 4.78 is 11.3. The number of ether oxygens (including phenoxy) is 2. The SMILES string of the molecule is c1nc(CNCc2ccc3c(c2)OCCCO3)cs1. The van der Waals surface area contributed by atoms with E-state index < -0.39 is 0 Å². The van der Waals surface area contributed by atoms with Gasteiger partial charge in [-0.25, -0.2) is 4.98 Å². The highest BCUT2D eigenvalue weighted by molar-refractivity contribution is 7.07. The van der Waals surface area contributed by atoms with E-state index in [0.717, 1.165) is 49.9 Å². The minimum atomic E-state index is 0.725. The van der Waals surface area contributed by atoms with Crippen molar-refractivity contribution in [3.8, 4) is 11.5 Å². The van der Waals surface area contributed by atoms with Crippen molar-refractivity contribution in [2.24, 2.45) is 0 Å². The second kappa shape index (κ2) is 6.04.